The fourth-order valence-electron chi connectivity index (χ4n) is 3.00. The Balaban J connectivity index is 1.80. The Hall–Kier alpha value is -2.60. The van der Waals surface area contributed by atoms with E-state index >= 15 is 0 Å². The van der Waals surface area contributed by atoms with E-state index in [-0.39, 0.29) is 17.6 Å². The summed E-state index contributed by atoms with van der Waals surface area (Å²) in [5.41, 5.74) is 2.84. The van der Waals surface area contributed by atoms with E-state index in [0.717, 1.165) is 21.3 Å². The first-order valence-corrected chi connectivity index (χ1v) is 8.34. The molecule has 1 amide bonds. The number of hydrogen-bond donors (Lipinski definition) is 2. The van der Waals surface area contributed by atoms with E-state index in [1.165, 1.54) is 0 Å². The average molecular weight is 384 g/mol. The summed E-state index contributed by atoms with van der Waals surface area (Å²) >= 11 is 3.42. The van der Waals surface area contributed by atoms with Crippen LogP contribution in [0.15, 0.2) is 59.2 Å². The van der Waals surface area contributed by atoms with Crippen LogP contribution >= 0.6 is 15.9 Å². The Morgan fingerprint density at radius 1 is 1.12 bits per heavy atom. The normalized spacial score (nSPS) is 16.5. The average Bonchev–Trinajstić information content (AvgIpc) is 2.99. The van der Waals surface area contributed by atoms with Gasteiger partial charge in [-0.1, -0.05) is 28.1 Å². The maximum absolute atomic E-state index is 12.2. The Morgan fingerprint density at radius 2 is 1.83 bits per heavy atom. The van der Waals surface area contributed by atoms with Crippen molar-refractivity contribution in [1.82, 2.24) is 9.78 Å². The van der Waals surface area contributed by atoms with E-state index in [1.807, 2.05) is 36.4 Å². The lowest BCUT2D eigenvalue weighted by Gasteiger charge is -2.23. The number of rotatable bonds is 2. The highest BCUT2D eigenvalue weighted by Gasteiger charge is 2.30. The van der Waals surface area contributed by atoms with Gasteiger partial charge in [-0.2, -0.15) is 5.10 Å². The van der Waals surface area contributed by atoms with Crippen LogP contribution in [0.5, 0.6) is 5.75 Å². The highest BCUT2D eigenvalue weighted by Crippen LogP contribution is 2.38. The summed E-state index contributed by atoms with van der Waals surface area (Å²) in [6.07, 6.45) is 2.16. The third kappa shape index (κ3) is 2.59. The molecule has 1 aliphatic heterocycles. The van der Waals surface area contributed by atoms with Gasteiger partial charge in [0.1, 0.15) is 11.6 Å². The van der Waals surface area contributed by atoms with Crippen LogP contribution in [0.2, 0.25) is 0 Å². The monoisotopic (exact) mass is 383 g/mol. The molecule has 120 valence electrons. The molecular formula is C18H14BrN3O2. The predicted molar refractivity (Wildman–Crippen MR) is 94.5 cm³/mol. The summed E-state index contributed by atoms with van der Waals surface area (Å²) < 4.78 is 2.73. The molecule has 0 spiro atoms. The van der Waals surface area contributed by atoms with Gasteiger partial charge < -0.3 is 10.4 Å². The Morgan fingerprint density at radius 3 is 2.54 bits per heavy atom. The number of carbonyl (C=O) groups is 1. The molecule has 0 saturated carbocycles. The first-order chi connectivity index (χ1) is 11.6. The van der Waals surface area contributed by atoms with Crippen molar-refractivity contribution in [1.29, 1.82) is 0 Å². The van der Waals surface area contributed by atoms with Crippen LogP contribution in [0.1, 0.15) is 23.5 Å². The SMILES string of the molecule is O=C1CC(c2ccc(O)cc2)c2cnn(-c3ccc(Br)cc3)c2N1. The van der Waals surface area contributed by atoms with Crippen LogP contribution in [0, 0.1) is 0 Å². The van der Waals surface area contributed by atoms with E-state index in [9.17, 15) is 9.90 Å². The van der Waals surface area contributed by atoms with E-state index in [0.29, 0.717) is 12.2 Å². The molecule has 0 fully saturated rings. The number of aromatic nitrogens is 2. The number of carbonyl (C=O) groups excluding carboxylic acids is 1. The van der Waals surface area contributed by atoms with Crippen LogP contribution in [0.4, 0.5) is 5.82 Å². The molecule has 0 aliphatic carbocycles. The summed E-state index contributed by atoms with van der Waals surface area (Å²) in [4.78, 5) is 12.2. The van der Waals surface area contributed by atoms with Crippen molar-refractivity contribution in [2.75, 3.05) is 5.32 Å². The third-order valence-electron chi connectivity index (χ3n) is 4.19. The molecule has 24 heavy (non-hydrogen) atoms. The van der Waals surface area contributed by atoms with Gasteiger partial charge in [0.05, 0.1) is 11.9 Å². The van der Waals surface area contributed by atoms with Crippen molar-refractivity contribution in [2.24, 2.45) is 0 Å². The number of anilines is 1. The summed E-state index contributed by atoms with van der Waals surface area (Å²) in [6, 6.07) is 14.7. The number of hydrogen-bond acceptors (Lipinski definition) is 3. The van der Waals surface area contributed by atoms with Crippen LogP contribution in [-0.4, -0.2) is 20.8 Å². The molecule has 4 rings (SSSR count). The van der Waals surface area contributed by atoms with Crippen molar-refractivity contribution in [3.8, 4) is 11.4 Å². The summed E-state index contributed by atoms with van der Waals surface area (Å²) in [6.45, 7) is 0. The zero-order chi connectivity index (χ0) is 16.7. The topological polar surface area (TPSA) is 67.1 Å². The minimum atomic E-state index is -0.0708. The van der Waals surface area contributed by atoms with Crippen LogP contribution in [-0.2, 0) is 4.79 Å². The molecule has 6 heteroatoms. The van der Waals surface area contributed by atoms with Crippen LogP contribution in [0.3, 0.4) is 0 Å². The maximum atomic E-state index is 12.2. The van der Waals surface area contributed by atoms with E-state index in [1.54, 1.807) is 23.0 Å². The number of amides is 1. The second kappa shape index (κ2) is 5.79. The zero-order valence-corrected chi connectivity index (χ0v) is 14.2. The molecule has 2 N–H and O–H groups in total. The van der Waals surface area contributed by atoms with Gasteiger partial charge in [-0.25, -0.2) is 4.68 Å². The number of aromatic hydroxyl groups is 1. The Kier molecular flexibility index (Phi) is 3.61. The molecule has 5 nitrogen and oxygen atoms in total. The molecule has 1 unspecified atom stereocenters. The molecule has 1 atom stereocenters. The van der Waals surface area contributed by atoms with Gasteiger partial charge >= 0.3 is 0 Å². The molecule has 0 bridgehead atoms. The zero-order valence-electron chi connectivity index (χ0n) is 12.6. The Bertz CT molecular complexity index is 901. The lowest BCUT2D eigenvalue weighted by Crippen LogP contribution is -2.24. The van der Waals surface area contributed by atoms with E-state index in [4.69, 9.17) is 0 Å². The van der Waals surface area contributed by atoms with Gasteiger partial charge in [0.25, 0.3) is 0 Å². The molecule has 0 radical (unpaired) electrons. The molecule has 1 aliphatic rings. The third-order valence-corrected chi connectivity index (χ3v) is 4.72. The van der Waals surface area contributed by atoms with Crippen molar-refractivity contribution in [2.45, 2.75) is 12.3 Å². The predicted octanol–water partition coefficient (Wildman–Crippen LogP) is 3.81. The fourth-order valence-corrected chi connectivity index (χ4v) is 3.27. The van der Waals surface area contributed by atoms with Gasteiger partial charge in [0, 0.05) is 22.4 Å². The summed E-state index contributed by atoms with van der Waals surface area (Å²) in [5, 5.41) is 16.9. The summed E-state index contributed by atoms with van der Waals surface area (Å²) in [5.74, 6) is 0.800. The van der Waals surface area contributed by atoms with Gasteiger partial charge in [0.2, 0.25) is 5.91 Å². The van der Waals surface area contributed by atoms with Gasteiger partial charge in [-0.3, -0.25) is 4.79 Å². The van der Waals surface area contributed by atoms with Crippen LogP contribution < -0.4 is 5.32 Å². The molecular weight excluding hydrogens is 370 g/mol. The number of halogens is 1. The number of nitrogens with one attached hydrogen (secondary N) is 1. The van der Waals surface area contributed by atoms with Crippen molar-refractivity contribution < 1.29 is 9.90 Å². The van der Waals surface area contributed by atoms with Crippen molar-refractivity contribution in [3.63, 3.8) is 0 Å². The molecule has 1 aromatic heterocycles. The van der Waals surface area contributed by atoms with Crippen LogP contribution in [0.25, 0.3) is 5.69 Å². The maximum Gasteiger partial charge on any atom is 0.226 e. The van der Waals surface area contributed by atoms with Gasteiger partial charge in [0.15, 0.2) is 0 Å². The quantitative estimate of drug-likeness (QED) is 0.706. The lowest BCUT2D eigenvalue weighted by molar-refractivity contribution is -0.116. The first kappa shape index (κ1) is 15.0. The van der Waals surface area contributed by atoms with E-state index < -0.39 is 0 Å². The summed E-state index contributed by atoms with van der Waals surface area (Å²) in [7, 11) is 0. The number of phenols is 1. The lowest BCUT2D eigenvalue weighted by atomic mass is 9.87. The number of benzene rings is 2. The van der Waals surface area contributed by atoms with Gasteiger partial charge in [-0.05, 0) is 42.0 Å². The van der Waals surface area contributed by atoms with Gasteiger partial charge in [-0.15, -0.1) is 0 Å². The number of phenolic OH excluding ortho intramolecular Hbond substituents is 1. The molecule has 0 saturated heterocycles. The molecule has 2 aromatic carbocycles. The fraction of sp³-hybridized carbons (Fsp3) is 0.111. The molecule has 2 heterocycles. The second-order valence-electron chi connectivity index (χ2n) is 5.73. The standard InChI is InChI=1S/C18H14BrN3O2/c19-12-3-5-13(6-4-12)22-18-16(10-20-22)15(9-17(24)21-18)11-1-7-14(23)8-2-11/h1-8,10,15,23H,9H2,(H,21,24). The van der Waals surface area contributed by atoms with Crippen molar-refractivity contribution >= 4 is 27.7 Å². The highest BCUT2D eigenvalue weighted by atomic mass is 79.9. The van der Waals surface area contributed by atoms with E-state index in [2.05, 4.69) is 26.3 Å². The second-order valence-corrected chi connectivity index (χ2v) is 6.65. The number of nitrogens with zero attached hydrogens (tertiary/aromatic N) is 2. The Labute approximate surface area is 147 Å². The number of fused-ring (bicyclic) bond motifs is 1. The largest absolute Gasteiger partial charge is 0.508 e. The first-order valence-electron chi connectivity index (χ1n) is 7.54. The smallest absolute Gasteiger partial charge is 0.226 e. The van der Waals surface area contributed by atoms with Crippen molar-refractivity contribution in [3.05, 3.63) is 70.3 Å². The molecule has 3 aromatic rings. The minimum absolute atomic E-state index is 0.0422. The highest BCUT2D eigenvalue weighted by molar-refractivity contribution is 9.10. The minimum Gasteiger partial charge on any atom is -0.508 e.